The van der Waals surface area contributed by atoms with Gasteiger partial charge in [0.2, 0.25) is 5.91 Å². The number of carbonyl (C=O) groups excluding carboxylic acids is 1. The van der Waals surface area contributed by atoms with Gasteiger partial charge in [-0.3, -0.25) is 4.79 Å². The molecule has 0 bridgehead atoms. The molecule has 0 aromatic heterocycles. The highest BCUT2D eigenvalue weighted by Crippen LogP contribution is 2.35. The summed E-state index contributed by atoms with van der Waals surface area (Å²) >= 11 is 3.42. The second kappa shape index (κ2) is 6.63. The number of hydrogen-bond donors (Lipinski definition) is 1. The summed E-state index contributed by atoms with van der Waals surface area (Å²) in [4.78, 5) is 12.2. The van der Waals surface area contributed by atoms with Crippen LogP contribution in [0.25, 0.3) is 0 Å². The van der Waals surface area contributed by atoms with Crippen LogP contribution in [-0.4, -0.2) is 17.3 Å². The van der Waals surface area contributed by atoms with E-state index in [-0.39, 0.29) is 11.3 Å². The van der Waals surface area contributed by atoms with E-state index in [2.05, 4.69) is 35.1 Å². The molecule has 1 saturated carbocycles. The summed E-state index contributed by atoms with van der Waals surface area (Å²) < 4.78 is 0. The van der Waals surface area contributed by atoms with Crippen LogP contribution >= 0.6 is 15.9 Å². The third-order valence-electron chi connectivity index (χ3n) is 3.65. The molecule has 1 amide bonds. The van der Waals surface area contributed by atoms with Gasteiger partial charge in [0, 0.05) is 16.8 Å². The van der Waals surface area contributed by atoms with Gasteiger partial charge in [-0.2, -0.15) is 0 Å². The van der Waals surface area contributed by atoms with Crippen molar-refractivity contribution >= 4 is 21.8 Å². The Hall–Kier alpha value is -0.0500. The molecule has 0 saturated heterocycles. The van der Waals surface area contributed by atoms with E-state index in [0.29, 0.717) is 6.04 Å². The molecule has 16 heavy (non-hydrogen) atoms. The maximum atomic E-state index is 12.2. The van der Waals surface area contributed by atoms with E-state index in [1.54, 1.807) is 0 Å². The molecular weight excluding hydrogens is 266 g/mol. The highest BCUT2D eigenvalue weighted by molar-refractivity contribution is 9.09. The number of hydrogen-bond acceptors (Lipinski definition) is 1. The Morgan fingerprint density at radius 1 is 1.38 bits per heavy atom. The fourth-order valence-corrected chi connectivity index (χ4v) is 2.74. The van der Waals surface area contributed by atoms with Crippen molar-refractivity contribution in [1.29, 1.82) is 0 Å². The van der Waals surface area contributed by atoms with Crippen molar-refractivity contribution in [2.75, 3.05) is 5.33 Å². The second-order valence-electron chi connectivity index (χ2n) is 5.33. The van der Waals surface area contributed by atoms with E-state index >= 15 is 0 Å². The molecule has 1 aliphatic rings. The maximum absolute atomic E-state index is 12.2. The number of rotatable bonds is 5. The summed E-state index contributed by atoms with van der Waals surface area (Å²) in [5, 5.41) is 4.18. The first-order chi connectivity index (χ1) is 7.58. The van der Waals surface area contributed by atoms with Crippen LogP contribution in [-0.2, 0) is 4.79 Å². The third-order valence-corrected chi connectivity index (χ3v) is 4.21. The number of alkyl halides is 1. The van der Waals surface area contributed by atoms with Crippen LogP contribution in [0.2, 0.25) is 0 Å². The summed E-state index contributed by atoms with van der Waals surface area (Å²) in [6, 6.07) is 0.309. The normalized spacial score (nSPS) is 21.4. The molecule has 1 atom stereocenters. The number of nitrogens with one attached hydrogen (secondary N) is 1. The van der Waals surface area contributed by atoms with E-state index in [0.717, 1.165) is 31.0 Å². The van der Waals surface area contributed by atoms with Gasteiger partial charge in [-0.15, -0.1) is 0 Å². The molecule has 0 aromatic carbocycles. The molecule has 0 aromatic rings. The minimum absolute atomic E-state index is 0.0963. The van der Waals surface area contributed by atoms with Gasteiger partial charge in [-0.25, -0.2) is 0 Å². The SMILES string of the molecule is CC(CCCBr)NC(=O)C1(C)CCCCC1. The number of halogens is 1. The summed E-state index contributed by atoms with van der Waals surface area (Å²) in [5.41, 5.74) is -0.0963. The lowest BCUT2D eigenvalue weighted by Gasteiger charge is -2.33. The Kier molecular flexibility index (Phi) is 5.81. The van der Waals surface area contributed by atoms with Crippen molar-refractivity contribution in [3.8, 4) is 0 Å². The minimum Gasteiger partial charge on any atom is -0.353 e. The van der Waals surface area contributed by atoms with Crippen molar-refractivity contribution in [1.82, 2.24) is 5.32 Å². The molecule has 1 rings (SSSR count). The number of carbonyl (C=O) groups is 1. The first kappa shape index (κ1) is 14.0. The predicted molar refractivity (Wildman–Crippen MR) is 71.8 cm³/mol. The molecule has 1 unspecified atom stereocenters. The molecule has 1 fully saturated rings. The first-order valence-electron chi connectivity index (χ1n) is 6.45. The Morgan fingerprint density at radius 2 is 2.00 bits per heavy atom. The zero-order valence-electron chi connectivity index (χ0n) is 10.5. The molecule has 0 radical (unpaired) electrons. The van der Waals surface area contributed by atoms with Gasteiger partial charge in [0.25, 0.3) is 0 Å². The fourth-order valence-electron chi connectivity index (χ4n) is 2.41. The first-order valence-corrected chi connectivity index (χ1v) is 7.57. The van der Waals surface area contributed by atoms with Crippen LogP contribution in [0.3, 0.4) is 0 Å². The fraction of sp³-hybridized carbons (Fsp3) is 0.923. The zero-order valence-corrected chi connectivity index (χ0v) is 12.1. The average molecular weight is 290 g/mol. The smallest absolute Gasteiger partial charge is 0.226 e. The highest BCUT2D eigenvalue weighted by atomic mass is 79.9. The topological polar surface area (TPSA) is 29.1 Å². The second-order valence-corrected chi connectivity index (χ2v) is 6.12. The molecule has 1 aliphatic carbocycles. The zero-order chi connectivity index (χ0) is 12.0. The predicted octanol–water partition coefficient (Wildman–Crippen LogP) is 3.64. The van der Waals surface area contributed by atoms with E-state index in [1.807, 2.05) is 0 Å². The quantitative estimate of drug-likeness (QED) is 0.770. The Balaban J connectivity index is 2.38. The van der Waals surface area contributed by atoms with E-state index in [1.165, 1.54) is 19.3 Å². The molecular formula is C13H24BrNO. The van der Waals surface area contributed by atoms with Crippen molar-refractivity contribution in [3.63, 3.8) is 0 Å². The molecule has 3 heteroatoms. The van der Waals surface area contributed by atoms with Crippen LogP contribution in [0.4, 0.5) is 0 Å². The van der Waals surface area contributed by atoms with Crippen LogP contribution in [0, 0.1) is 5.41 Å². The van der Waals surface area contributed by atoms with E-state index < -0.39 is 0 Å². The standard InChI is InChI=1S/C13H24BrNO/c1-11(7-6-10-14)15-12(16)13(2)8-4-3-5-9-13/h11H,3-10H2,1-2H3,(H,15,16). The van der Waals surface area contributed by atoms with Crippen molar-refractivity contribution in [2.24, 2.45) is 5.41 Å². The lowest BCUT2D eigenvalue weighted by Crippen LogP contribution is -2.44. The highest BCUT2D eigenvalue weighted by Gasteiger charge is 2.34. The molecule has 94 valence electrons. The monoisotopic (exact) mass is 289 g/mol. The van der Waals surface area contributed by atoms with Gasteiger partial charge in [-0.1, -0.05) is 42.1 Å². The van der Waals surface area contributed by atoms with Gasteiger partial charge in [0.1, 0.15) is 0 Å². The molecule has 1 N–H and O–H groups in total. The van der Waals surface area contributed by atoms with Gasteiger partial charge in [0.05, 0.1) is 0 Å². The third kappa shape index (κ3) is 4.08. The summed E-state index contributed by atoms with van der Waals surface area (Å²) in [5.74, 6) is 0.272. The summed E-state index contributed by atoms with van der Waals surface area (Å²) in [6.07, 6.45) is 8.01. The van der Waals surface area contributed by atoms with Crippen LogP contribution in [0.15, 0.2) is 0 Å². The molecule has 2 nitrogen and oxygen atoms in total. The largest absolute Gasteiger partial charge is 0.353 e. The van der Waals surface area contributed by atoms with Crippen molar-refractivity contribution in [2.45, 2.75) is 64.8 Å². The lowest BCUT2D eigenvalue weighted by atomic mass is 9.75. The Bertz CT molecular complexity index is 224. The molecule has 0 spiro atoms. The maximum Gasteiger partial charge on any atom is 0.226 e. The van der Waals surface area contributed by atoms with Gasteiger partial charge < -0.3 is 5.32 Å². The summed E-state index contributed by atoms with van der Waals surface area (Å²) in [6.45, 7) is 4.23. The van der Waals surface area contributed by atoms with Gasteiger partial charge in [-0.05, 0) is 32.6 Å². The Morgan fingerprint density at radius 3 is 2.56 bits per heavy atom. The van der Waals surface area contributed by atoms with Crippen molar-refractivity contribution in [3.05, 3.63) is 0 Å². The van der Waals surface area contributed by atoms with E-state index in [4.69, 9.17) is 0 Å². The average Bonchev–Trinajstić information content (AvgIpc) is 2.27. The van der Waals surface area contributed by atoms with Crippen molar-refractivity contribution < 1.29 is 4.79 Å². The minimum atomic E-state index is -0.0963. The molecule has 0 aliphatic heterocycles. The van der Waals surface area contributed by atoms with Crippen LogP contribution in [0.5, 0.6) is 0 Å². The van der Waals surface area contributed by atoms with Crippen LogP contribution < -0.4 is 5.32 Å². The number of amides is 1. The Labute approximate surface area is 108 Å². The van der Waals surface area contributed by atoms with E-state index in [9.17, 15) is 4.79 Å². The van der Waals surface area contributed by atoms with Crippen LogP contribution in [0.1, 0.15) is 58.8 Å². The lowest BCUT2D eigenvalue weighted by molar-refractivity contribution is -0.132. The summed E-state index contributed by atoms with van der Waals surface area (Å²) in [7, 11) is 0. The van der Waals surface area contributed by atoms with Gasteiger partial charge >= 0.3 is 0 Å². The van der Waals surface area contributed by atoms with Gasteiger partial charge in [0.15, 0.2) is 0 Å². The molecule has 0 heterocycles.